The summed E-state index contributed by atoms with van der Waals surface area (Å²) in [6.45, 7) is 6.26. The van der Waals surface area contributed by atoms with Crippen LogP contribution in [0.25, 0.3) is 0 Å². The van der Waals surface area contributed by atoms with Crippen LogP contribution in [0, 0.1) is 29.4 Å². The van der Waals surface area contributed by atoms with Crippen molar-refractivity contribution in [2.24, 2.45) is 17.8 Å². The molecule has 0 aromatic heterocycles. The molecule has 2 aliphatic carbocycles. The molecular weight excluding hydrogens is 446 g/mol. The van der Waals surface area contributed by atoms with Gasteiger partial charge in [0, 0.05) is 8.93 Å². The van der Waals surface area contributed by atoms with Gasteiger partial charge < -0.3 is 9.47 Å². The Hall–Kier alpha value is -1.91. The normalized spacial score (nSPS) is 24.7. The van der Waals surface area contributed by atoms with Crippen molar-refractivity contribution >= 4 is 5.97 Å². The van der Waals surface area contributed by atoms with Crippen LogP contribution in [0.3, 0.4) is 0 Å². The van der Waals surface area contributed by atoms with Crippen molar-refractivity contribution in [3.8, 4) is 5.75 Å². The number of halogens is 2. The fourth-order valence-electron chi connectivity index (χ4n) is 6.20. The first-order valence-electron chi connectivity index (χ1n) is 13.9. The van der Waals surface area contributed by atoms with Crippen LogP contribution in [0.1, 0.15) is 111 Å². The van der Waals surface area contributed by atoms with E-state index in [1.54, 1.807) is 0 Å². The Kier molecular flexibility index (Phi) is 11.5. The van der Waals surface area contributed by atoms with Gasteiger partial charge in [-0.3, -0.25) is 0 Å². The average molecular weight is 495 g/mol. The van der Waals surface area contributed by atoms with Crippen LogP contribution in [-0.4, -0.2) is 19.2 Å². The van der Waals surface area contributed by atoms with Crippen LogP contribution in [0.2, 0.25) is 0 Å². The summed E-state index contributed by atoms with van der Waals surface area (Å²) in [7, 11) is 0. The quantitative estimate of drug-likeness (QED) is 0.156. The summed E-state index contributed by atoms with van der Waals surface area (Å²) in [5, 5.41) is 0. The maximum atomic E-state index is 14.7. The number of rotatable bonds is 13. The molecule has 200 valence electrons. The maximum Gasteiger partial charge on any atom is 0.330 e. The van der Waals surface area contributed by atoms with Crippen LogP contribution in [0.5, 0.6) is 5.75 Å². The van der Waals surface area contributed by atoms with Crippen molar-refractivity contribution in [3.63, 3.8) is 0 Å². The molecule has 0 aliphatic heterocycles. The van der Waals surface area contributed by atoms with Crippen molar-refractivity contribution in [2.75, 3.05) is 13.2 Å². The second-order valence-corrected chi connectivity index (χ2v) is 10.6. The molecule has 0 saturated heterocycles. The van der Waals surface area contributed by atoms with Crippen LogP contribution in [-0.2, 0) is 9.53 Å². The highest BCUT2D eigenvalue weighted by Gasteiger charge is 2.31. The fraction of sp³-hybridized carbons (Fsp3) is 0.700. The molecule has 2 aliphatic rings. The Morgan fingerprint density at radius 2 is 1.51 bits per heavy atom. The molecule has 5 heteroatoms. The van der Waals surface area contributed by atoms with Gasteiger partial charge >= 0.3 is 5.97 Å². The smallest absolute Gasteiger partial charge is 0.330 e. The number of unbranched alkanes of at least 4 members (excludes halogenated alkanes) is 3. The van der Waals surface area contributed by atoms with E-state index < -0.39 is 17.6 Å². The maximum absolute atomic E-state index is 14.7. The highest BCUT2D eigenvalue weighted by molar-refractivity contribution is 5.81. The standard InChI is InChI=1S/C30H44F2O3.2H2/c1-3-9-22-10-12-23(13-11-22)24-14-16-25(17-15-24)26-20-27(31)30(28(32)21-26)35-19-8-6-5-7-18-34-29(33)4-2;;/h4,20-25H,2-3,5-19H2,1H3;2*1H. The minimum Gasteiger partial charge on any atom is -0.488 e. The van der Waals surface area contributed by atoms with Gasteiger partial charge in [0.05, 0.1) is 13.2 Å². The van der Waals surface area contributed by atoms with E-state index in [2.05, 4.69) is 13.5 Å². The topological polar surface area (TPSA) is 35.5 Å². The van der Waals surface area contributed by atoms with E-state index in [0.29, 0.717) is 13.0 Å². The lowest BCUT2D eigenvalue weighted by Crippen LogP contribution is -2.25. The second kappa shape index (κ2) is 14.6. The summed E-state index contributed by atoms with van der Waals surface area (Å²) in [5.41, 5.74) is 0.784. The molecule has 35 heavy (non-hydrogen) atoms. The Labute approximate surface area is 213 Å². The first-order valence-corrected chi connectivity index (χ1v) is 13.9. The Morgan fingerprint density at radius 3 is 2.09 bits per heavy atom. The number of carbonyl (C=O) groups is 1. The number of ether oxygens (including phenoxy) is 2. The van der Waals surface area contributed by atoms with Gasteiger partial charge in [-0.15, -0.1) is 0 Å². The molecule has 0 heterocycles. The van der Waals surface area contributed by atoms with Crippen LogP contribution in [0.4, 0.5) is 8.78 Å². The average Bonchev–Trinajstić information content (AvgIpc) is 2.87. The van der Waals surface area contributed by atoms with Gasteiger partial charge in [0.2, 0.25) is 0 Å². The summed E-state index contributed by atoms with van der Waals surface area (Å²) >= 11 is 0. The predicted octanol–water partition coefficient (Wildman–Crippen LogP) is 9.01. The lowest BCUT2D eigenvalue weighted by molar-refractivity contribution is -0.137. The minimum absolute atomic E-state index is 0. The third kappa shape index (κ3) is 8.61. The van der Waals surface area contributed by atoms with Crippen LogP contribution < -0.4 is 4.74 Å². The number of hydrogen-bond donors (Lipinski definition) is 0. The fourth-order valence-corrected chi connectivity index (χ4v) is 6.20. The van der Waals surface area contributed by atoms with E-state index >= 15 is 0 Å². The molecule has 0 N–H and O–H groups in total. The van der Waals surface area contributed by atoms with E-state index in [0.717, 1.165) is 61.5 Å². The molecule has 0 radical (unpaired) electrons. The molecular formula is C30H48F2O3. The number of benzene rings is 1. The SMILES string of the molecule is C=CC(=O)OCCCCCCOc1c(F)cc(C2CCC(C3CCC(CCC)CC3)CC2)cc1F.[HH].[HH]. The summed E-state index contributed by atoms with van der Waals surface area (Å²) in [6.07, 6.45) is 16.9. The second-order valence-electron chi connectivity index (χ2n) is 10.6. The van der Waals surface area contributed by atoms with Crippen molar-refractivity contribution in [1.29, 1.82) is 0 Å². The van der Waals surface area contributed by atoms with Crippen molar-refractivity contribution < 1.29 is 25.9 Å². The van der Waals surface area contributed by atoms with E-state index in [1.807, 2.05) is 0 Å². The van der Waals surface area contributed by atoms with E-state index in [-0.39, 0.29) is 21.1 Å². The minimum atomic E-state index is -0.590. The highest BCUT2D eigenvalue weighted by Crippen LogP contribution is 2.45. The molecule has 0 atom stereocenters. The number of hydrogen-bond acceptors (Lipinski definition) is 3. The third-order valence-electron chi connectivity index (χ3n) is 8.21. The molecule has 1 aromatic rings. The summed E-state index contributed by atoms with van der Waals surface area (Å²) in [4.78, 5) is 11.0. The van der Waals surface area contributed by atoms with E-state index in [1.165, 1.54) is 63.5 Å². The molecule has 2 fully saturated rings. The Bertz CT molecular complexity index is 781. The van der Waals surface area contributed by atoms with Gasteiger partial charge in [-0.2, -0.15) is 0 Å². The first kappa shape index (κ1) is 27.7. The molecule has 0 amide bonds. The zero-order valence-electron chi connectivity index (χ0n) is 21.5. The first-order chi connectivity index (χ1) is 17.0. The summed E-state index contributed by atoms with van der Waals surface area (Å²) in [5.74, 6) is 0.979. The molecule has 0 bridgehead atoms. The third-order valence-corrected chi connectivity index (χ3v) is 8.21. The zero-order chi connectivity index (χ0) is 25.0. The monoisotopic (exact) mass is 494 g/mol. The van der Waals surface area contributed by atoms with Gasteiger partial charge in [-0.25, -0.2) is 13.6 Å². The zero-order valence-corrected chi connectivity index (χ0v) is 21.5. The van der Waals surface area contributed by atoms with Crippen LogP contribution >= 0.6 is 0 Å². The molecule has 0 unspecified atom stereocenters. The van der Waals surface area contributed by atoms with Gasteiger partial charge in [0.15, 0.2) is 17.4 Å². The molecule has 3 rings (SSSR count). The molecule has 3 nitrogen and oxygen atoms in total. The van der Waals surface area contributed by atoms with Gasteiger partial charge in [0.1, 0.15) is 0 Å². The highest BCUT2D eigenvalue weighted by atomic mass is 19.1. The van der Waals surface area contributed by atoms with E-state index in [4.69, 9.17) is 9.47 Å². The number of carbonyl (C=O) groups excluding carboxylic acids is 1. The van der Waals surface area contributed by atoms with Crippen molar-refractivity contribution in [1.82, 2.24) is 0 Å². The molecule has 0 spiro atoms. The Morgan fingerprint density at radius 1 is 0.943 bits per heavy atom. The molecule has 1 aromatic carbocycles. The predicted molar refractivity (Wildman–Crippen MR) is 141 cm³/mol. The summed E-state index contributed by atoms with van der Waals surface area (Å²) < 4.78 is 39.8. The van der Waals surface area contributed by atoms with Crippen LogP contribution in [0.15, 0.2) is 24.8 Å². The van der Waals surface area contributed by atoms with Gasteiger partial charge in [-0.05, 0) is 106 Å². The van der Waals surface area contributed by atoms with Crippen molar-refractivity contribution in [3.05, 3.63) is 42.0 Å². The van der Waals surface area contributed by atoms with E-state index in [9.17, 15) is 13.6 Å². The van der Waals surface area contributed by atoms with Crippen molar-refractivity contribution in [2.45, 2.75) is 103 Å². The number of esters is 1. The largest absolute Gasteiger partial charge is 0.488 e. The Balaban J connectivity index is 0.00000342. The summed E-state index contributed by atoms with van der Waals surface area (Å²) in [6, 6.07) is 2.99. The lowest BCUT2D eigenvalue weighted by Gasteiger charge is -2.38. The lowest BCUT2D eigenvalue weighted by atomic mass is 9.68. The molecule has 2 saturated carbocycles. The van der Waals surface area contributed by atoms with Gasteiger partial charge in [0.25, 0.3) is 0 Å². The van der Waals surface area contributed by atoms with Gasteiger partial charge in [-0.1, -0.05) is 39.2 Å².